The Morgan fingerprint density at radius 3 is 2.34 bits per heavy atom. The van der Waals surface area contributed by atoms with Crippen molar-refractivity contribution >= 4 is 44.9 Å². The first-order valence-electron chi connectivity index (χ1n) is 11.2. The number of rotatable bonds is 6. The molecule has 4 aromatic carbocycles. The van der Waals surface area contributed by atoms with Crippen molar-refractivity contribution < 1.29 is 14.3 Å². The van der Waals surface area contributed by atoms with Crippen LogP contribution in [0.3, 0.4) is 0 Å². The Hall–Kier alpha value is -3.74. The molecule has 35 heavy (non-hydrogen) atoms. The molecule has 0 bridgehead atoms. The van der Waals surface area contributed by atoms with Crippen LogP contribution in [0.5, 0.6) is 5.75 Å². The maximum Gasteiger partial charge on any atom is 0.195 e. The molecule has 0 N–H and O–H groups in total. The standard InChI is InChI=1S/C29H19NO3S2/c31-27-20-9-4-5-10-21(20)28(32)26-22(27)11-6-12-24(26)34-29-30-23-14-13-19(17-25(23)35-29)33-16-15-18-7-2-1-3-8-18/h1-14,17H,15-16H2. The molecule has 4 nitrogen and oxygen atoms in total. The van der Waals surface area contributed by atoms with Gasteiger partial charge in [0.25, 0.3) is 0 Å². The number of fused-ring (bicyclic) bond motifs is 3. The average Bonchev–Trinajstić information content (AvgIpc) is 3.29. The SMILES string of the molecule is O=C1c2ccccc2C(=O)c2c(Sc3nc4ccc(OCCc5ccccc5)cc4s3)cccc21. The van der Waals surface area contributed by atoms with Crippen LogP contribution in [0, 0.1) is 0 Å². The molecule has 170 valence electrons. The highest BCUT2D eigenvalue weighted by molar-refractivity contribution is 8.01. The number of thiazole rings is 1. The molecule has 6 heteroatoms. The lowest BCUT2D eigenvalue weighted by molar-refractivity contribution is 0.0977. The minimum absolute atomic E-state index is 0.112. The van der Waals surface area contributed by atoms with Crippen molar-refractivity contribution in [3.05, 3.63) is 119 Å². The van der Waals surface area contributed by atoms with E-state index in [1.165, 1.54) is 17.3 Å². The Balaban J connectivity index is 1.24. The van der Waals surface area contributed by atoms with Crippen LogP contribution in [0.25, 0.3) is 10.2 Å². The third-order valence-corrected chi connectivity index (χ3v) is 8.09. The van der Waals surface area contributed by atoms with E-state index in [1.54, 1.807) is 41.7 Å². The Labute approximate surface area is 210 Å². The van der Waals surface area contributed by atoms with Crippen molar-refractivity contribution in [1.82, 2.24) is 4.98 Å². The highest BCUT2D eigenvalue weighted by atomic mass is 32.2. The van der Waals surface area contributed by atoms with Crippen LogP contribution < -0.4 is 4.74 Å². The first-order chi connectivity index (χ1) is 17.2. The molecule has 0 radical (unpaired) electrons. The van der Waals surface area contributed by atoms with Crippen molar-refractivity contribution in [2.75, 3.05) is 6.61 Å². The van der Waals surface area contributed by atoms with Crippen molar-refractivity contribution in [2.45, 2.75) is 15.7 Å². The van der Waals surface area contributed by atoms with Gasteiger partial charge < -0.3 is 4.74 Å². The van der Waals surface area contributed by atoms with E-state index in [2.05, 4.69) is 12.1 Å². The number of hydrogen-bond donors (Lipinski definition) is 0. The second-order valence-electron chi connectivity index (χ2n) is 8.18. The van der Waals surface area contributed by atoms with Gasteiger partial charge in [-0.3, -0.25) is 9.59 Å². The lowest BCUT2D eigenvalue weighted by atomic mass is 9.84. The molecule has 0 amide bonds. The fraction of sp³-hybridized carbons (Fsp3) is 0.0690. The number of nitrogens with zero attached hydrogens (tertiary/aromatic N) is 1. The van der Waals surface area contributed by atoms with Crippen molar-refractivity contribution in [2.24, 2.45) is 0 Å². The van der Waals surface area contributed by atoms with Gasteiger partial charge in [0.05, 0.1) is 16.8 Å². The van der Waals surface area contributed by atoms with Crippen molar-refractivity contribution in [3.8, 4) is 5.75 Å². The van der Waals surface area contributed by atoms with E-state index in [0.717, 1.165) is 31.6 Å². The number of benzene rings is 4. The molecular formula is C29H19NO3S2. The van der Waals surface area contributed by atoms with Gasteiger partial charge in [0.15, 0.2) is 15.9 Å². The molecule has 0 atom stereocenters. The summed E-state index contributed by atoms with van der Waals surface area (Å²) in [5.74, 6) is 0.579. The van der Waals surface area contributed by atoms with Crippen LogP contribution in [0.4, 0.5) is 0 Å². The van der Waals surface area contributed by atoms with Gasteiger partial charge in [-0.25, -0.2) is 4.98 Å². The third-order valence-electron chi connectivity index (χ3n) is 5.95. The molecule has 1 aromatic heterocycles. The zero-order valence-corrected chi connectivity index (χ0v) is 20.2. The highest BCUT2D eigenvalue weighted by Crippen LogP contribution is 2.40. The minimum Gasteiger partial charge on any atom is -0.493 e. The zero-order valence-electron chi connectivity index (χ0n) is 18.6. The van der Waals surface area contributed by atoms with Crippen LogP contribution in [0.2, 0.25) is 0 Å². The summed E-state index contributed by atoms with van der Waals surface area (Å²) in [6, 6.07) is 28.6. The third kappa shape index (κ3) is 4.16. The maximum absolute atomic E-state index is 13.3. The number of carbonyl (C=O) groups excluding carboxylic acids is 2. The van der Waals surface area contributed by atoms with Crippen LogP contribution in [0.15, 0.2) is 100 Å². The molecule has 0 spiro atoms. The molecule has 0 saturated carbocycles. The zero-order chi connectivity index (χ0) is 23.8. The quantitative estimate of drug-likeness (QED) is 0.254. The Bertz CT molecular complexity index is 1590. The molecule has 5 aromatic rings. The van der Waals surface area contributed by atoms with Crippen molar-refractivity contribution in [3.63, 3.8) is 0 Å². The predicted octanol–water partition coefficient (Wildman–Crippen LogP) is 6.84. The van der Waals surface area contributed by atoms with Gasteiger partial charge in [0.2, 0.25) is 0 Å². The molecule has 0 aliphatic heterocycles. The molecule has 1 aliphatic rings. The molecule has 0 fully saturated rings. The Morgan fingerprint density at radius 1 is 0.771 bits per heavy atom. The van der Waals surface area contributed by atoms with E-state index in [1.807, 2.05) is 48.5 Å². The second-order valence-corrected chi connectivity index (χ2v) is 10.5. The van der Waals surface area contributed by atoms with Gasteiger partial charge in [0, 0.05) is 33.6 Å². The molecule has 1 heterocycles. The number of hydrogen-bond acceptors (Lipinski definition) is 6. The lowest BCUT2D eigenvalue weighted by Gasteiger charge is -2.19. The van der Waals surface area contributed by atoms with E-state index in [9.17, 15) is 9.59 Å². The van der Waals surface area contributed by atoms with E-state index in [-0.39, 0.29) is 11.6 Å². The molecule has 6 rings (SSSR count). The minimum atomic E-state index is -0.117. The number of ether oxygens (including phenoxy) is 1. The summed E-state index contributed by atoms with van der Waals surface area (Å²) in [5, 5.41) is 0. The van der Waals surface area contributed by atoms with E-state index >= 15 is 0 Å². The van der Waals surface area contributed by atoms with E-state index in [0.29, 0.717) is 28.9 Å². The second kappa shape index (κ2) is 9.13. The summed E-state index contributed by atoms with van der Waals surface area (Å²) in [5.41, 5.74) is 3.96. The first-order valence-corrected chi connectivity index (χ1v) is 12.9. The van der Waals surface area contributed by atoms with Crippen LogP contribution >= 0.6 is 23.1 Å². The van der Waals surface area contributed by atoms with Crippen molar-refractivity contribution in [1.29, 1.82) is 0 Å². The summed E-state index contributed by atoms with van der Waals surface area (Å²) in [6.07, 6.45) is 0.845. The fourth-order valence-electron chi connectivity index (χ4n) is 4.24. The first kappa shape index (κ1) is 21.8. The van der Waals surface area contributed by atoms with Crippen LogP contribution in [-0.4, -0.2) is 23.2 Å². The topological polar surface area (TPSA) is 56.3 Å². The highest BCUT2D eigenvalue weighted by Gasteiger charge is 2.31. The fourth-order valence-corrected chi connectivity index (χ4v) is 6.46. The van der Waals surface area contributed by atoms with Gasteiger partial charge in [-0.15, -0.1) is 11.3 Å². The van der Waals surface area contributed by atoms with Gasteiger partial charge in [0.1, 0.15) is 5.75 Å². The van der Waals surface area contributed by atoms with Gasteiger partial charge in [-0.05, 0) is 29.8 Å². The summed E-state index contributed by atoms with van der Waals surface area (Å²) >= 11 is 2.97. The smallest absolute Gasteiger partial charge is 0.195 e. The summed E-state index contributed by atoms with van der Waals surface area (Å²) < 4.78 is 7.80. The van der Waals surface area contributed by atoms with Gasteiger partial charge >= 0.3 is 0 Å². The molecule has 1 aliphatic carbocycles. The number of aromatic nitrogens is 1. The monoisotopic (exact) mass is 493 g/mol. The predicted molar refractivity (Wildman–Crippen MR) is 139 cm³/mol. The number of ketones is 2. The van der Waals surface area contributed by atoms with Gasteiger partial charge in [-0.1, -0.05) is 78.5 Å². The Morgan fingerprint density at radius 2 is 1.51 bits per heavy atom. The van der Waals surface area contributed by atoms with Crippen LogP contribution in [-0.2, 0) is 6.42 Å². The summed E-state index contributed by atoms with van der Waals surface area (Å²) in [7, 11) is 0. The Kier molecular flexibility index (Phi) is 5.68. The van der Waals surface area contributed by atoms with Gasteiger partial charge in [-0.2, -0.15) is 0 Å². The van der Waals surface area contributed by atoms with E-state index < -0.39 is 0 Å². The number of carbonyl (C=O) groups is 2. The van der Waals surface area contributed by atoms with E-state index in [4.69, 9.17) is 9.72 Å². The largest absolute Gasteiger partial charge is 0.493 e. The average molecular weight is 494 g/mol. The van der Waals surface area contributed by atoms with Crippen LogP contribution in [0.1, 0.15) is 37.4 Å². The summed E-state index contributed by atoms with van der Waals surface area (Å²) in [4.78, 5) is 31.8. The molecule has 0 saturated heterocycles. The maximum atomic E-state index is 13.3. The lowest BCUT2D eigenvalue weighted by Crippen LogP contribution is -2.21. The normalized spacial score (nSPS) is 12.5. The molecule has 0 unspecified atom stereocenters. The summed E-state index contributed by atoms with van der Waals surface area (Å²) in [6.45, 7) is 0.601. The molecular weight excluding hydrogens is 474 g/mol.